The molecule has 0 saturated carbocycles. The normalized spacial score (nSPS) is 18.9. The van der Waals surface area contributed by atoms with E-state index in [1.807, 2.05) is 12.1 Å². The second-order valence-corrected chi connectivity index (χ2v) is 5.89. The molecule has 2 N–H and O–H groups in total. The Morgan fingerprint density at radius 2 is 2.33 bits per heavy atom. The molecule has 0 unspecified atom stereocenters. The minimum Gasteiger partial charge on any atom is -0.465 e. The van der Waals surface area contributed by atoms with Gasteiger partial charge in [-0.2, -0.15) is 0 Å². The highest BCUT2D eigenvalue weighted by atomic mass is 79.9. The van der Waals surface area contributed by atoms with E-state index in [4.69, 9.17) is 0 Å². The third-order valence-electron chi connectivity index (χ3n) is 3.71. The zero-order valence-corrected chi connectivity index (χ0v) is 13.0. The molecule has 112 valence electrons. The van der Waals surface area contributed by atoms with E-state index in [0.29, 0.717) is 18.9 Å². The molecule has 1 aliphatic rings. The predicted molar refractivity (Wildman–Crippen MR) is 81.5 cm³/mol. The Balaban J connectivity index is 1.70. The Labute approximate surface area is 130 Å². The number of aromatic nitrogens is 3. The summed E-state index contributed by atoms with van der Waals surface area (Å²) in [5.74, 6) is 0.706. The van der Waals surface area contributed by atoms with Gasteiger partial charge in [0.2, 0.25) is 0 Å². The smallest absolute Gasteiger partial charge is 0.407 e. The molecule has 1 atom stereocenters. The molecule has 0 bridgehead atoms. The van der Waals surface area contributed by atoms with Crippen LogP contribution >= 0.6 is 15.9 Å². The van der Waals surface area contributed by atoms with E-state index in [0.717, 1.165) is 29.5 Å². The topological polar surface area (TPSA) is 82.8 Å². The fraction of sp³-hybridized carbons (Fsp3) is 0.462. The summed E-state index contributed by atoms with van der Waals surface area (Å²) in [5, 5.41) is 16.9. The number of halogens is 1. The number of hydrogen-bond acceptors (Lipinski definition) is 4. The Hall–Kier alpha value is -1.83. The van der Waals surface area contributed by atoms with Crippen LogP contribution < -0.4 is 5.32 Å². The quantitative estimate of drug-likeness (QED) is 0.885. The number of anilines is 1. The van der Waals surface area contributed by atoms with E-state index in [9.17, 15) is 9.90 Å². The van der Waals surface area contributed by atoms with E-state index in [1.165, 1.54) is 4.90 Å². The van der Waals surface area contributed by atoms with Crippen molar-refractivity contribution in [2.75, 3.05) is 18.4 Å². The number of fused-ring (bicyclic) bond motifs is 1. The first-order chi connectivity index (χ1) is 10.1. The van der Waals surface area contributed by atoms with E-state index in [2.05, 4.69) is 31.3 Å². The Morgan fingerprint density at radius 1 is 1.48 bits per heavy atom. The van der Waals surface area contributed by atoms with Crippen molar-refractivity contribution in [1.82, 2.24) is 19.5 Å². The minimum absolute atomic E-state index is 0.0000233. The van der Waals surface area contributed by atoms with Crippen LogP contribution in [0.25, 0.3) is 5.65 Å². The monoisotopic (exact) mass is 353 g/mol. The SMILES string of the molecule is O=C(O)N1CCCC[C@H]1CNc1ccc2ncc(Br)n2n1. The fourth-order valence-electron chi connectivity index (χ4n) is 2.63. The van der Waals surface area contributed by atoms with Crippen molar-refractivity contribution < 1.29 is 9.90 Å². The first kappa shape index (κ1) is 14.1. The molecule has 21 heavy (non-hydrogen) atoms. The van der Waals surface area contributed by atoms with Crippen molar-refractivity contribution in [3.63, 3.8) is 0 Å². The molecule has 8 heteroatoms. The second-order valence-electron chi connectivity index (χ2n) is 5.08. The number of rotatable bonds is 3. The lowest BCUT2D eigenvalue weighted by molar-refractivity contribution is 0.110. The van der Waals surface area contributed by atoms with Crippen LogP contribution in [0.3, 0.4) is 0 Å². The van der Waals surface area contributed by atoms with Gasteiger partial charge < -0.3 is 15.3 Å². The van der Waals surface area contributed by atoms with Crippen molar-refractivity contribution in [2.45, 2.75) is 25.3 Å². The number of hydrogen-bond donors (Lipinski definition) is 2. The van der Waals surface area contributed by atoms with Gasteiger partial charge in [-0.1, -0.05) is 0 Å². The van der Waals surface area contributed by atoms with Crippen molar-refractivity contribution >= 4 is 33.5 Å². The van der Waals surface area contributed by atoms with Gasteiger partial charge in [0.25, 0.3) is 0 Å². The molecule has 1 saturated heterocycles. The summed E-state index contributed by atoms with van der Waals surface area (Å²) in [4.78, 5) is 16.9. The first-order valence-electron chi connectivity index (χ1n) is 6.89. The molecular formula is C13H16BrN5O2. The van der Waals surface area contributed by atoms with Gasteiger partial charge in [0.05, 0.1) is 12.2 Å². The third kappa shape index (κ3) is 2.94. The van der Waals surface area contributed by atoms with E-state index < -0.39 is 6.09 Å². The van der Waals surface area contributed by atoms with Crippen LogP contribution in [-0.2, 0) is 0 Å². The highest BCUT2D eigenvalue weighted by Crippen LogP contribution is 2.18. The standard InChI is InChI=1S/C13H16BrN5O2/c14-10-8-16-12-5-4-11(17-19(10)12)15-7-9-3-1-2-6-18(9)13(20)21/h4-5,8-9H,1-3,6-7H2,(H,15,17)(H,20,21)/t9-/m0/s1. The predicted octanol–water partition coefficient (Wildman–Crippen LogP) is 2.44. The maximum absolute atomic E-state index is 11.2. The largest absolute Gasteiger partial charge is 0.465 e. The van der Waals surface area contributed by atoms with Gasteiger partial charge in [-0.3, -0.25) is 0 Å². The number of nitrogens with one attached hydrogen (secondary N) is 1. The van der Waals surface area contributed by atoms with Gasteiger partial charge in [0.15, 0.2) is 5.65 Å². The summed E-state index contributed by atoms with van der Waals surface area (Å²) < 4.78 is 2.48. The van der Waals surface area contributed by atoms with Crippen molar-refractivity contribution in [2.24, 2.45) is 0 Å². The number of imidazole rings is 1. The van der Waals surface area contributed by atoms with Crippen LogP contribution in [-0.4, -0.2) is 49.8 Å². The lowest BCUT2D eigenvalue weighted by atomic mass is 10.0. The summed E-state index contributed by atoms with van der Waals surface area (Å²) in [6.45, 7) is 1.18. The minimum atomic E-state index is -0.845. The van der Waals surface area contributed by atoms with Crippen molar-refractivity contribution in [3.05, 3.63) is 22.9 Å². The summed E-state index contributed by atoms with van der Waals surface area (Å²) >= 11 is 3.38. The van der Waals surface area contributed by atoms with Gasteiger partial charge in [0, 0.05) is 13.1 Å². The Morgan fingerprint density at radius 3 is 3.14 bits per heavy atom. The Bertz CT molecular complexity index is 659. The maximum Gasteiger partial charge on any atom is 0.407 e. The number of carbonyl (C=O) groups is 1. The molecule has 7 nitrogen and oxygen atoms in total. The number of carboxylic acid groups (broad SMARTS) is 1. The molecule has 0 radical (unpaired) electrons. The summed E-state index contributed by atoms with van der Waals surface area (Å²) in [7, 11) is 0. The molecule has 0 aromatic carbocycles. The lowest BCUT2D eigenvalue weighted by Crippen LogP contribution is -2.46. The van der Waals surface area contributed by atoms with Gasteiger partial charge in [0.1, 0.15) is 10.4 Å². The molecule has 1 aliphatic heterocycles. The Kier molecular flexibility index (Phi) is 3.96. The third-order valence-corrected chi connectivity index (χ3v) is 4.25. The highest BCUT2D eigenvalue weighted by molar-refractivity contribution is 9.10. The average molecular weight is 354 g/mol. The number of likely N-dealkylation sites (tertiary alicyclic amines) is 1. The fourth-order valence-corrected chi connectivity index (χ4v) is 2.99. The van der Waals surface area contributed by atoms with Crippen LogP contribution in [0, 0.1) is 0 Å². The van der Waals surface area contributed by atoms with Crippen LogP contribution in [0.1, 0.15) is 19.3 Å². The van der Waals surface area contributed by atoms with E-state index in [1.54, 1.807) is 10.7 Å². The van der Waals surface area contributed by atoms with E-state index >= 15 is 0 Å². The van der Waals surface area contributed by atoms with Gasteiger partial charge in [-0.25, -0.2) is 14.3 Å². The van der Waals surface area contributed by atoms with Crippen LogP contribution in [0.5, 0.6) is 0 Å². The van der Waals surface area contributed by atoms with Gasteiger partial charge in [-0.15, -0.1) is 5.10 Å². The first-order valence-corrected chi connectivity index (χ1v) is 7.68. The highest BCUT2D eigenvalue weighted by Gasteiger charge is 2.26. The molecule has 0 aliphatic carbocycles. The average Bonchev–Trinajstić information content (AvgIpc) is 2.86. The van der Waals surface area contributed by atoms with Crippen LogP contribution in [0.2, 0.25) is 0 Å². The number of piperidine rings is 1. The molecule has 2 aromatic rings. The van der Waals surface area contributed by atoms with Crippen molar-refractivity contribution in [1.29, 1.82) is 0 Å². The molecule has 1 fully saturated rings. The zero-order valence-electron chi connectivity index (χ0n) is 11.4. The summed E-state index contributed by atoms with van der Waals surface area (Å²) in [5.41, 5.74) is 0.761. The molecule has 3 heterocycles. The summed E-state index contributed by atoms with van der Waals surface area (Å²) in [6, 6.07) is 3.72. The van der Waals surface area contributed by atoms with Crippen LogP contribution in [0.15, 0.2) is 22.9 Å². The molecule has 0 spiro atoms. The number of nitrogens with zero attached hydrogens (tertiary/aromatic N) is 4. The lowest BCUT2D eigenvalue weighted by Gasteiger charge is -2.33. The van der Waals surface area contributed by atoms with Crippen LogP contribution in [0.4, 0.5) is 10.6 Å². The zero-order chi connectivity index (χ0) is 14.8. The molecule has 2 aromatic heterocycles. The van der Waals surface area contributed by atoms with E-state index in [-0.39, 0.29) is 6.04 Å². The van der Waals surface area contributed by atoms with Gasteiger partial charge in [-0.05, 0) is 47.3 Å². The number of amides is 1. The molecular weight excluding hydrogens is 338 g/mol. The second kappa shape index (κ2) is 5.88. The molecule has 1 amide bonds. The molecule has 3 rings (SSSR count). The maximum atomic E-state index is 11.2. The summed E-state index contributed by atoms with van der Waals surface area (Å²) in [6.07, 6.45) is 3.74. The van der Waals surface area contributed by atoms with Crippen molar-refractivity contribution in [3.8, 4) is 0 Å². The van der Waals surface area contributed by atoms with Gasteiger partial charge >= 0.3 is 6.09 Å².